The summed E-state index contributed by atoms with van der Waals surface area (Å²) < 4.78 is 12.5. The smallest absolute Gasteiger partial charge is 0.150 e. The van der Waals surface area contributed by atoms with Crippen LogP contribution in [0.5, 0.6) is 23.0 Å². The van der Waals surface area contributed by atoms with Gasteiger partial charge in [0.15, 0.2) is 0 Å². The fraction of sp³-hybridized carbons (Fsp3) is 0.310. The van der Waals surface area contributed by atoms with Gasteiger partial charge in [-0.05, 0) is 98.9 Å². The topological polar surface area (TPSA) is 62.2 Å². The quantitative estimate of drug-likeness (QED) is 0.474. The number of nitrogens with zero attached hydrogens (tertiary/aromatic N) is 1. The Labute approximate surface area is 200 Å². The summed E-state index contributed by atoms with van der Waals surface area (Å²) in [6.07, 6.45) is 2.20. The molecule has 2 N–H and O–H groups in total. The number of likely N-dealkylation sites (tertiary alicyclic amines) is 1. The van der Waals surface area contributed by atoms with E-state index >= 15 is 0 Å². The van der Waals surface area contributed by atoms with Crippen molar-refractivity contribution in [2.75, 3.05) is 19.7 Å². The van der Waals surface area contributed by atoms with Crippen LogP contribution in [0.3, 0.4) is 0 Å². The molecular formula is C29H31NO4. The molecule has 1 unspecified atom stereocenters. The van der Waals surface area contributed by atoms with Crippen molar-refractivity contribution in [3.63, 3.8) is 0 Å². The Balaban J connectivity index is 1.43. The molecular weight excluding hydrogens is 426 g/mol. The first-order valence-corrected chi connectivity index (χ1v) is 12.0. The average molecular weight is 458 g/mol. The molecule has 2 heterocycles. The fourth-order valence-electron chi connectivity index (χ4n) is 4.96. The minimum atomic E-state index is -0.351. The highest BCUT2D eigenvalue weighted by Gasteiger charge is 2.29. The summed E-state index contributed by atoms with van der Waals surface area (Å²) in [5, 5.41) is 20.2. The third-order valence-corrected chi connectivity index (χ3v) is 6.87. The molecule has 3 aromatic carbocycles. The Morgan fingerprint density at radius 2 is 1.71 bits per heavy atom. The van der Waals surface area contributed by atoms with E-state index in [9.17, 15) is 10.2 Å². The van der Waals surface area contributed by atoms with E-state index in [1.807, 2.05) is 43.3 Å². The molecule has 3 aromatic rings. The Morgan fingerprint density at radius 1 is 0.971 bits per heavy atom. The standard InChI is InChI=1S/C29H31NO4/c1-19(30-14-3-4-15-30)18-33-25-11-8-21(9-12-25)29-28(22-6-5-7-23(31)16-22)20(2)26-17-24(32)10-13-27(26)34-29/h5-13,16-17,19,29,31-32H,3-4,14-15,18H2,1-2H3/t19-,29?/m1/s1. The van der Waals surface area contributed by atoms with Gasteiger partial charge in [-0.2, -0.15) is 0 Å². The second kappa shape index (κ2) is 9.43. The highest BCUT2D eigenvalue weighted by Crippen LogP contribution is 2.47. The number of hydrogen-bond acceptors (Lipinski definition) is 5. The van der Waals surface area contributed by atoms with E-state index in [1.165, 1.54) is 12.8 Å². The Kier molecular flexibility index (Phi) is 6.20. The number of hydrogen-bond donors (Lipinski definition) is 2. The van der Waals surface area contributed by atoms with Gasteiger partial charge in [0.25, 0.3) is 0 Å². The van der Waals surface area contributed by atoms with Crippen molar-refractivity contribution >= 4 is 11.1 Å². The van der Waals surface area contributed by atoms with Gasteiger partial charge in [0.1, 0.15) is 35.7 Å². The summed E-state index contributed by atoms with van der Waals surface area (Å²) in [5.41, 5.74) is 4.70. The molecule has 0 spiro atoms. The molecule has 5 heteroatoms. The van der Waals surface area contributed by atoms with Crippen LogP contribution in [0.2, 0.25) is 0 Å². The van der Waals surface area contributed by atoms with Crippen molar-refractivity contribution in [1.82, 2.24) is 4.90 Å². The summed E-state index contributed by atoms with van der Waals surface area (Å²) in [5.74, 6) is 1.97. The molecule has 0 radical (unpaired) electrons. The van der Waals surface area contributed by atoms with Crippen molar-refractivity contribution < 1.29 is 19.7 Å². The molecule has 1 fully saturated rings. The van der Waals surface area contributed by atoms with E-state index in [-0.39, 0.29) is 17.6 Å². The third-order valence-electron chi connectivity index (χ3n) is 6.87. The van der Waals surface area contributed by atoms with E-state index < -0.39 is 0 Å². The zero-order valence-electron chi connectivity index (χ0n) is 19.7. The first-order chi connectivity index (χ1) is 16.5. The molecule has 5 rings (SSSR count). The molecule has 0 bridgehead atoms. The van der Waals surface area contributed by atoms with E-state index in [0.717, 1.165) is 52.4 Å². The molecule has 34 heavy (non-hydrogen) atoms. The fourth-order valence-corrected chi connectivity index (χ4v) is 4.96. The summed E-state index contributed by atoms with van der Waals surface area (Å²) in [6.45, 7) is 7.24. The lowest BCUT2D eigenvalue weighted by atomic mass is 9.86. The van der Waals surface area contributed by atoms with Crippen LogP contribution in [-0.2, 0) is 0 Å². The van der Waals surface area contributed by atoms with Crippen LogP contribution in [0, 0.1) is 0 Å². The predicted octanol–water partition coefficient (Wildman–Crippen LogP) is 6.03. The van der Waals surface area contributed by atoms with Crippen molar-refractivity contribution in [2.24, 2.45) is 0 Å². The first kappa shape index (κ1) is 22.4. The van der Waals surface area contributed by atoms with Gasteiger partial charge < -0.3 is 19.7 Å². The van der Waals surface area contributed by atoms with Gasteiger partial charge in [-0.15, -0.1) is 0 Å². The average Bonchev–Trinajstić information content (AvgIpc) is 3.38. The molecule has 2 aliphatic rings. The molecule has 5 nitrogen and oxygen atoms in total. The Hall–Kier alpha value is -3.44. The Morgan fingerprint density at radius 3 is 2.44 bits per heavy atom. The number of phenolic OH excluding ortho intramolecular Hbond substituents is 2. The summed E-state index contributed by atoms with van der Waals surface area (Å²) in [6, 6.07) is 20.9. The molecule has 2 aliphatic heterocycles. The van der Waals surface area contributed by atoms with Gasteiger partial charge in [0, 0.05) is 17.2 Å². The van der Waals surface area contributed by atoms with Gasteiger partial charge in [0.2, 0.25) is 0 Å². The monoisotopic (exact) mass is 457 g/mol. The van der Waals surface area contributed by atoms with Crippen LogP contribution in [0.15, 0.2) is 66.7 Å². The lowest BCUT2D eigenvalue weighted by molar-refractivity contribution is 0.172. The molecule has 0 amide bonds. The van der Waals surface area contributed by atoms with Gasteiger partial charge in [-0.25, -0.2) is 0 Å². The van der Waals surface area contributed by atoms with Crippen LogP contribution < -0.4 is 9.47 Å². The van der Waals surface area contributed by atoms with Crippen LogP contribution >= 0.6 is 0 Å². The zero-order valence-corrected chi connectivity index (χ0v) is 19.7. The van der Waals surface area contributed by atoms with Crippen LogP contribution in [0.4, 0.5) is 0 Å². The number of benzene rings is 3. The summed E-state index contributed by atoms with van der Waals surface area (Å²) >= 11 is 0. The zero-order chi connectivity index (χ0) is 23.7. The van der Waals surface area contributed by atoms with Gasteiger partial charge in [-0.3, -0.25) is 4.90 Å². The number of rotatable bonds is 6. The molecule has 176 valence electrons. The number of aromatic hydroxyl groups is 2. The highest BCUT2D eigenvalue weighted by molar-refractivity contribution is 5.95. The van der Waals surface area contributed by atoms with Crippen molar-refractivity contribution in [2.45, 2.75) is 38.8 Å². The van der Waals surface area contributed by atoms with E-state index in [1.54, 1.807) is 30.3 Å². The molecule has 2 atom stereocenters. The van der Waals surface area contributed by atoms with E-state index in [2.05, 4.69) is 11.8 Å². The maximum absolute atomic E-state index is 10.1. The Bertz CT molecular complexity index is 1200. The van der Waals surface area contributed by atoms with Gasteiger partial charge in [0.05, 0.1) is 0 Å². The maximum atomic E-state index is 10.1. The minimum Gasteiger partial charge on any atom is -0.508 e. The highest BCUT2D eigenvalue weighted by atomic mass is 16.5. The number of phenols is 2. The lowest BCUT2D eigenvalue weighted by Gasteiger charge is -2.31. The second-order valence-corrected chi connectivity index (χ2v) is 9.24. The largest absolute Gasteiger partial charge is 0.508 e. The first-order valence-electron chi connectivity index (χ1n) is 12.0. The normalized spacial score (nSPS) is 18.9. The third kappa shape index (κ3) is 4.48. The molecule has 0 aliphatic carbocycles. The molecule has 1 saturated heterocycles. The summed E-state index contributed by atoms with van der Waals surface area (Å²) in [4.78, 5) is 2.48. The lowest BCUT2D eigenvalue weighted by Crippen LogP contribution is -2.34. The minimum absolute atomic E-state index is 0.195. The molecule has 0 saturated carbocycles. The van der Waals surface area contributed by atoms with Gasteiger partial charge >= 0.3 is 0 Å². The van der Waals surface area contributed by atoms with Crippen LogP contribution in [0.1, 0.15) is 49.5 Å². The van der Waals surface area contributed by atoms with Crippen molar-refractivity contribution in [3.8, 4) is 23.0 Å². The number of fused-ring (bicyclic) bond motifs is 1. The van der Waals surface area contributed by atoms with Crippen molar-refractivity contribution in [3.05, 3.63) is 83.4 Å². The SMILES string of the molecule is CC1=C(c2cccc(O)c2)C(c2ccc(OC[C@@H](C)N3CCCC3)cc2)Oc2ccc(O)cc21. The molecule has 0 aromatic heterocycles. The van der Waals surface area contributed by atoms with Crippen molar-refractivity contribution in [1.29, 1.82) is 0 Å². The maximum Gasteiger partial charge on any atom is 0.150 e. The van der Waals surface area contributed by atoms with E-state index in [4.69, 9.17) is 9.47 Å². The summed E-state index contributed by atoms with van der Waals surface area (Å²) in [7, 11) is 0. The number of allylic oxidation sites excluding steroid dienone is 1. The number of ether oxygens (including phenoxy) is 2. The van der Waals surface area contributed by atoms with Gasteiger partial charge in [-0.1, -0.05) is 24.3 Å². The predicted molar refractivity (Wildman–Crippen MR) is 134 cm³/mol. The van der Waals surface area contributed by atoms with Crippen LogP contribution in [0.25, 0.3) is 11.1 Å². The second-order valence-electron chi connectivity index (χ2n) is 9.24. The van der Waals surface area contributed by atoms with E-state index in [0.29, 0.717) is 12.6 Å². The van der Waals surface area contributed by atoms with Crippen LogP contribution in [-0.4, -0.2) is 40.9 Å².